The lowest BCUT2D eigenvalue weighted by Crippen LogP contribution is -2.56. The molecule has 10 heterocycles. The summed E-state index contributed by atoms with van der Waals surface area (Å²) in [4.78, 5) is 68.4. The minimum Gasteiger partial charge on any atom is -0.479 e. The lowest BCUT2D eigenvalue weighted by atomic mass is 9.92. The highest BCUT2D eigenvalue weighted by Gasteiger charge is 2.49. The van der Waals surface area contributed by atoms with Crippen LogP contribution in [0.25, 0.3) is 56.1 Å². The Kier molecular flexibility index (Phi) is 18.8. The Morgan fingerprint density at radius 2 is 1.02 bits per heavy atom. The van der Waals surface area contributed by atoms with Crippen LogP contribution in [-0.4, -0.2) is 133 Å². The number of Topliss-reactive ketones (excluding diaryl/α,β-unsaturated/α-hetero) is 1. The van der Waals surface area contributed by atoms with E-state index in [1.807, 2.05) is 93.6 Å². The molecule has 8 aromatic heterocycles. The standard InChI is InChI=1S/C32H29FN8O2S.C27H24FN9S.C4H6O3.C2H6.CH4/c1-3-24-29(39(2)31-38-28(25(13-34)44-31)20-4-7-23(33)8-5-20)41-18-21(6-9-27(41)37-24)22-14-35-30(36-15-22)40-16-19(17-40)12-26(42)32(43)10-11-32;1-3-21-25(35(2)27-34-24(22(10-29)38-27)16-4-7-19(28)8-5-16)37-13-17(6-9-23(37)33-21)18-11-31-26(32-12-18)36-14-20(30)15-36;5-3(6)4(7)1-2-4;1-2;/h4-9,14-15,18-19,43H,3,10-12,16-17H2,1-2H3;4-9,11-13,20H,3,14-15,30H2,1-2H3;7H,1-2H2,(H,5,6);1-2H3;1H4/i;;;1D;. The highest BCUT2D eigenvalue weighted by Crippen LogP contribution is 2.42. The number of rotatable bonds is 16. The van der Waals surface area contributed by atoms with Gasteiger partial charge in [0.2, 0.25) is 11.9 Å². The minimum absolute atomic E-state index is 0. The molecule has 0 radical (unpaired) electrons. The summed E-state index contributed by atoms with van der Waals surface area (Å²) in [6.45, 7) is 9.32. The SMILES string of the molecule is C.CCc1nc2ccc(-c3cnc(N4CC(CC(=O)C5(O)CC5)C4)nc3)cn2c1N(C)c1nc(-c2ccc(F)cc2)c(C#N)s1.CCc1nc2ccc(-c3cnc(N4CC(N)C4)nc3)cn2c1N(C)c1nc(-c2ccc(F)cc2)c(C#N)s1.O=C(O)C1(O)CC1.[2H]CC. The van der Waals surface area contributed by atoms with Gasteiger partial charge in [-0.3, -0.25) is 13.6 Å². The molecular formula is C66H69F2N17O5S2. The number of nitrogens with zero attached hydrogens (tertiary/aromatic N) is 16. The molecule has 26 heteroatoms. The van der Waals surface area contributed by atoms with E-state index in [0.29, 0.717) is 119 Å². The number of aryl methyl sites for hydroxylation is 2. The summed E-state index contributed by atoms with van der Waals surface area (Å²) in [7, 11) is 3.82. The van der Waals surface area contributed by atoms with E-state index in [0.717, 1.165) is 69.7 Å². The van der Waals surface area contributed by atoms with Crippen molar-refractivity contribution in [3.8, 4) is 56.9 Å². The van der Waals surface area contributed by atoms with Gasteiger partial charge < -0.3 is 40.7 Å². The van der Waals surface area contributed by atoms with Gasteiger partial charge in [0, 0.05) is 131 Å². The number of nitrogens with two attached hydrogens (primary N) is 1. The van der Waals surface area contributed by atoms with Gasteiger partial charge in [-0.1, -0.05) is 57.8 Å². The second-order valence-corrected chi connectivity index (χ2v) is 24.4. The molecule has 2 saturated carbocycles. The van der Waals surface area contributed by atoms with Crippen molar-refractivity contribution in [3.05, 3.63) is 143 Å². The first-order chi connectivity index (χ1) is 44.3. The normalized spacial score (nSPS) is 15.1. The van der Waals surface area contributed by atoms with Crippen LogP contribution in [0.1, 0.15) is 89.7 Å². The number of hydrogen-bond acceptors (Lipinski definition) is 21. The van der Waals surface area contributed by atoms with Gasteiger partial charge in [-0.2, -0.15) is 10.5 Å². The molecule has 4 aliphatic rings. The predicted molar refractivity (Wildman–Crippen MR) is 351 cm³/mol. The first kappa shape index (κ1) is 63.9. The molecule has 0 bridgehead atoms. The lowest BCUT2D eigenvalue weighted by molar-refractivity contribution is -0.149. The number of hydrogen-bond donors (Lipinski definition) is 4. The molecule has 0 amide bonds. The number of carbonyl (C=O) groups is 2. The van der Waals surface area contributed by atoms with Gasteiger partial charge in [0.05, 0.1) is 11.4 Å². The molecule has 0 atom stereocenters. The molecule has 2 aliphatic carbocycles. The van der Waals surface area contributed by atoms with Crippen molar-refractivity contribution >= 4 is 79.5 Å². The lowest BCUT2D eigenvalue weighted by Gasteiger charge is -2.39. The predicted octanol–water partition coefficient (Wildman–Crippen LogP) is 10.8. The van der Waals surface area contributed by atoms with E-state index in [2.05, 4.69) is 43.9 Å². The average Bonchev–Trinajstić information content (AvgIpc) is 1.69. The Morgan fingerprint density at radius 1 is 0.641 bits per heavy atom. The van der Waals surface area contributed by atoms with Gasteiger partial charge >= 0.3 is 5.97 Å². The highest BCUT2D eigenvalue weighted by molar-refractivity contribution is 7.17. The van der Waals surface area contributed by atoms with Gasteiger partial charge in [0.1, 0.15) is 73.4 Å². The van der Waals surface area contributed by atoms with Crippen molar-refractivity contribution in [3.63, 3.8) is 0 Å². The van der Waals surface area contributed by atoms with Gasteiger partial charge in [-0.05, 0) is 111 Å². The van der Waals surface area contributed by atoms with Gasteiger partial charge in [0.25, 0.3) is 0 Å². The van der Waals surface area contributed by atoms with Crippen molar-refractivity contribution in [2.24, 2.45) is 11.7 Å². The topological polar surface area (TPSA) is 293 Å². The number of aliphatic carboxylic acids is 1. The van der Waals surface area contributed by atoms with Crippen LogP contribution in [0, 0.1) is 40.2 Å². The number of carbonyl (C=O) groups excluding carboxylic acids is 1. The third-order valence-electron chi connectivity index (χ3n) is 16.1. The van der Waals surface area contributed by atoms with Crippen LogP contribution in [-0.2, 0) is 22.4 Å². The number of thiazole rings is 2. The summed E-state index contributed by atoms with van der Waals surface area (Å²) in [6.07, 6.45) is 15.1. The molecule has 4 fully saturated rings. The Balaban J connectivity index is 0.000000177. The van der Waals surface area contributed by atoms with E-state index >= 15 is 0 Å². The van der Waals surface area contributed by atoms with Crippen molar-refractivity contribution in [2.75, 3.05) is 59.9 Å². The number of benzene rings is 2. The van der Waals surface area contributed by atoms with Gasteiger partial charge in [-0.15, -0.1) is 0 Å². The second kappa shape index (κ2) is 27.0. The number of carboxylic acid groups (broad SMARTS) is 1. The molecule has 0 unspecified atom stereocenters. The molecule has 2 saturated heterocycles. The molecule has 0 spiro atoms. The molecule has 2 aromatic carbocycles. The van der Waals surface area contributed by atoms with E-state index in [4.69, 9.17) is 37.3 Å². The van der Waals surface area contributed by atoms with Gasteiger partial charge in [0.15, 0.2) is 21.6 Å². The molecule has 5 N–H and O–H groups in total. The number of carboxylic acids is 1. The van der Waals surface area contributed by atoms with E-state index in [1.54, 1.807) is 43.6 Å². The number of halogens is 2. The monoisotopic (exact) mass is 1280 g/mol. The number of anilines is 6. The Labute approximate surface area is 539 Å². The number of aromatic nitrogens is 10. The van der Waals surface area contributed by atoms with Crippen LogP contribution in [0.5, 0.6) is 0 Å². The number of imidazole rings is 2. The van der Waals surface area contributed by atoms with Crippen LogP contribution >= 0.6 is 22.7 Å². The van der Waals surface area contributed by atoms with Crippen LogP contribution < -0.4 is 25.3 Å². The fraction of sp³-hybridized carbons (Fsp3) is 0.333. The maximum Gasteiger partial charge on any atom is 0.335 e. The van der Waals surface area contributed by atoms with Crippen LogP contribution in [0.3, 0.4) is 0 Å². The van der Waals surface area contributed by atoms with Gasteiger partial charge in [-0.25, -0.2) is 53.4 Å². The molecule has 2 aliphatic heterocycles. The first-order valence-corrected chi connectivity index (χ1v) is 31.1. The zero-order valence-electron chi connectivity index (χ0n) is 51.5. The summed E-state index contributed by atoms with van der Waals surface area (Å²) < 4.78 is 37.2. The summed E-state index contributed by atoms with van der Waals surface area (Å²) in [5.41, 5.74) is 12.9. The Hall–Kier alpha value is -9.70. The maximum absolute atomic E-state index is 13.5. The van der Waals surface area contributed by atoms with E-state index in [-0.39, 0.29) is 36.8 Å². The fourth-order valence-corrected chi connectivity index (χ4v) is 12.2. The minimum atomic E-state index is -1.33. The highest BCUT2D eigenvalue weighted by atomic mass is 32.1. The molecule has 92 heavy (non-hydrogen) atoms. The third kappa shape index (κ3) is 13.4. The molecule has 474 valence electrons. The van der Waals surface area contributed by atoms with Crippen molar-refractivity contribution in [2.45, 2.75) is 97.3 Å². The maximum atomic E-state index is 13.5. The fourth-order valence-electron chi connectivity index (χ4n) is 10.5. The Morgan fingerprint density at radius 3 is 1.36 bits per heavy atom. The van der Waals surface area contributed by atoms with Crippen LogP contribution in [0.15, 0.2) is 110 Å². The zero-order chi connectivity index (χ0) is 65.2. The van der Waals surface area contributed by atoms with E-state index in [1.165, 1.54) is 46.9 Å². The van der Waals surface area contributed by atoms with E-state index in [9.17, 15) is 34.0 Å². The number of nitriles is 2. The number of pyridine rings is 2. The molecule has 22 nitrogen and oxygen atoms in total. The number of ketones is 1. The summed E-state index contributed by atoms with van der Waals surface area (Å²) in [5.74, 6) is 1.40. The quantitative estimate of drug-likeness (QED) is 0.0699. The summed E-state index contributed by atoms with van der Waals surface area (Å²) in [6, 6.07) is 24.6. The Bertz CT molecular complexity index is 4420. The number of fused-ring (bicyclic) bond motifs is 2. The van der Waals surface area contributed by atoms with Crippen molar-refractivity contribution < 1.29 is 35.1 Å². The molecule has 10 aromatic rings. The summed E-state index contributed by atoms with van der Waals surface area (Å²) in [5, 5.41) is 47.5. The van der Waals surface area contributed by atoms with E-state index < -0.39 is 17.2 Å². The van der Waals surface area contributed by atoms with Crippen LogP contribution in [0.4, 0.5) is 42.6 Å². The molecule has 14 rings (SSSR count). The average molecular weight is 1280 g/mol. The zero-order valence-corrected chi connectivity index (χ0v) is 52.1. The summed E-state index contributed by atoms with van der Waals surface area (Å²) >= 11 is 2.57. The molecular weight excluding hydrogens is 1210 g/mol. The largest absolute Gasteiger partial charge is 0.479 e. The van der Waals surface area contributed by atoms with Crippen molar-refractivity contribution in [1.82, 2.24) is 48.7 Å². The van der Waals surface area contributed by atoms with Crippen molar-refractivity contribution in [1.29, 1.82) is 10.5 Å². The van der Waals surface area contributed by atoms with Crippen LogP contribution in [0.2, 0.25) is 0 Å². The number of aliphatic hydroxyl groups is 2. The smallest absolute Gasteiger partial charge is 0.335 e. The second-order valence-electron chi connectivity index (χ2n) is 22.4. The third-order valence-corrected chi connectivity index (χ3v) is 18.2. The first-order valence-electron chi connectivity index (χ1n) is 30.2.